The molecular formula is C18H22N2O3. The zero-order valence-electron chi connectivity index (χ0n) is 13.3. The number of aliphatic hydroxyl groups excluding tert-OH is 1. The van der Waals surface area contributed by atoms with Crippen molar-refractivity contribution in [3.63, 3.8) is 0 Å². The minimum absolute atomic E-state index is 0.200. The summed E-state index contributed by atoms with van der Waals surface area (Å²) < 4.78 is 5.30. The number of hydrogen-bond donors (Lipinski definition) is 2. The molecule has 1 aromatic heterocycles. The number of fused-ring (bicyclic) bond motifs is 1. The van der Waals surface area contributed by atoms with Gasteiger partial charge in [-0.15, -0.1) is 0 Å². The second-order valence-electron chi connectivity index (χ2n) is 6.13. The Morgan fingerprint density at radius 3 is 3.00 bits per heavy atom. The van der Waals surface area contributed by atoms with Gasteiger partial charge in [-0.25, -0.2) is 4.98 Å². The van der Waals surface area contributed by atoms with E-state index in [1.54, 1.807) is 13.2 Å². The first-order chi connectivity index (χ1) is 11.2. The maximum Gasteiger partial charge on any atom is 0.270 e. The van der Waals surface area contributed by atoms with Crippen LogP contribution in [-0.2, 0) is 0 Å². The monoisotopic (exact) mass is 314 g/mol. The number of pyridine rings is 1. The van der Waals surface area contributed by atoms with Crippen LogP contribution in [0.2, 0.25) is 0 Å². The Kier molecular flexibility index (Phi) is 4.76. The van der Waals surface area contributed by atoms with Crippen LogP contribution in [0.25, 0.3) is 10.8 Å². The van der Waals surface area contributed by atoms with E-state index >= 15 is 0 Å². The predicted octanol–water partition coefficient (Wildman–Crippen LogP) is 2.52. The van der Waals surface area contributed by atoms with Gasteiger partial charge in [0.2, 0.25) is 5.88 Å². The zero-order valence-corrected chi connectivity index (χ0v) is 13.3. The summed E-state index contributed by atoms with van der Waals surface area (Å²) >= 11 is 0. The van der Waals surface area contributed by atoms with E-state index in [1.165, 1.54) is 0 Å². The summed E-state index contributed by atoms with van der Waals surface area (Å²) in [5, 5.41) is 14.5. The van der Waals surface area contributed by atoms with Crippen LogP contribution in [0.15, 0.2) is 30.3 Å². The molecule has 0 aliphatic heterocycles. The SMILES string of the molecule is COc1nc(C(=O)NCC2CCCC(O)C2)cc2ccccc12. The highest BCUT2D eigenvalue weighted by Gasteiger charge is 2.21. The summed E-state index contributed by atoms with van der Waals surface area (Å²) in [5.74, 6) is 0.598. The highest BCUT2D eigenvalue weighted by atomic mass is 16.5. The molecule has 122 valence electrons. The van der Waals surface area contributed by atoms with Crippen molar-refractivity contribution in [3.05, 3.63) is 36.0 Å². The molecule has 1 fully saturated rings. The molecule has 1 heterocycles. The fourth-order valence-corrected chi connectivity index (χ4v) is 3.21. The molecule has 2 unspecified atom stereocenters. The molecule has 1 amide bonds. The first-order valence-corrected chi connectivity index (χ1v) is 8.07. The van der Waals surface area contributed by atoms with Gasteiger partial charge in [0.25, 0.3) is 5.91 Å². The maximum atomic E-state index is 12.4. The largest absolute Gasteiger partial charge is 0.481 e. The van der Waals surface area contributed by atoms with E-state index in [9.17, 15) is 9.90 Å². The second kappa shape index (κ2) is 6.96. The van der Waals surface area contributed by atoms with E-state index < -0.39 is 0 Å². The first kappa shape index (κ1) is 15.7. The number of methoxy groups -OCH3 is 1. The van der Waals surface area contributed by atoms with Gasteiger partial charge in [0.15, 0.2) is 0 Å². The lowest BCUT2D eigenvalue weighted by Crippen LogP contribution is -2.33. The lowest BCUT2D eigenvalue weighted by Gasteiger charge is -2.25. The quantitative estimate of drug-likeness (QED) is 0.909. The van der Waals surface area contributed by atoms with Crippen molar-refractivity contribution >= 4 is 16.7 Å². The molecule has 0 saturated heterocycles. The Morgan fingerprint density at radius 2 is 2.22 bits per heavy atom. The van der Waals surface area contributed by atoms with E-state index in [0.29, 0.717) is 24.0 Å². The summed E-state index contributed by atoms with van der Waals surface area (Å²) in [6, 6.07) is 9.48. The Labute approximate surface area is 135 Å². The third-order valence-electron chi connectivity index (χ3n) is 4.44. The standard InChI is InChI=1S/C18H22N2O3/c1-23-18-15-8-3-2-6-13(15)10-16(20-18)17(22)19-11-12-5-4-7-14(21)9-12/h2-3,6,8,10,12,14,21H,4-5,7,9,11H2,1H3,(H,19,22). The number of aromatic nitrogens is 1. The van der Waals surface area contributed by atoms with Crippen LogP contribution in [-0.4, -0.2) is 35.8 Å². The van der Waals surface area contributed by atoms with E-state index in [-0.39, 0.29) is 12.0 Å². The summed E-state index contributed by atoms with van der Waals surface area (Å²) in [7, 11) is 1.56. The molecule has 1 saturated carbocycles. The predicted molar refractivity (Wildman–Crippen MR) is 88.6 cm³/mol. The lowest BCUT2D eigenvalue weighted by molar-refractivity contribution is 0.0870. The van der Waals surface area contributed by atoms with Crippen LogP contribution in [0.5, 0.6) is 5.88 Å². The molecule has 5 nitrogen and oxygen atoms in total. The molecule has 1 aromatic carbocycles. The van der Waals surface area contributed by atoms with Crippen molar-refractivity contribution < 1.29 is 14.6 Å². The number of amides is 1. The number of hydrogen-bond acceptors (Lipinski definition) is 4. The highest BCUT2D eigenvalue weighted by molar-refractivity contribution is 5.98. The van der Waals surface area contributed by atoms with E-state index in [1.807, 2.05) is 24.3 Å². The average Bonchev–Trinajstić information content (AvgIpc) is 2.58. The molecule has 1 aliphatic carbocycles. The molecule has 23 heavy (non-hydrogen) atoms. The minimum atomic E-state index is -0.232. The molecule has 3 rings (SSSR count). The molecule has 2 aromatic rings. The van der Waals surface area contributed by atoms with Crippen molar-refractivity contribution in [1.29, 1.82) is 0 Å². The van der Waals surface area contributed by atoms with E-state index in [4.69, 9.17) is 4.74 Å². The van der Waals surface area contributed by atoms with Crippen molar-refractivity contribution in [2.45, 2.75) is 31.8 Å². The molecule has 5 heteroatoms. The Bertz CT molecular complexity index is 702. The van der Waals surface area contributed by atoms with Crippen molar-refractivity contribution in [3.8, 4) is 5.88 Å². The number of benzene rings is 1. The molecule has 0 radical (unpaired) electrons. The third-order valence-corrected chi connectivity index (χ3v) is 4.44. The maximum absolute atomic E-state index is 12.4. The number of ether oxygens (including phenoxy) is 1. The second-order valence-corrected chi connectivity index (χ2v) is 6.13. The van der Waals surface area contributed by atoms with Gasteiger partial charge in [-0.05, 0) is 42.7 Å². The molecular weight excluding hydrogens is 292 g/mol. The summed E-state index contributed by atoms with van der Waals surface area (Å²) in [6.07, 6.45) is 3.46. The van der Waals surface area contributed by atoms with Crippen molar-refractivity contribution in [2.75, 3.05) is 13.7 Å². The van der Waals surface area contributed by atoms with Gasteiger partial charge in [0.05, 0.1) is 13.2 Å². The van der Waals surface area contributed by atoms with Gasteiger partial charge in [-0.3, -0.25) is 4.79 Å². The van der Waals surface area contributed by atoms with Gasteiger partial charge in [0.1, 0.15) is 5.69 Å². The number of rotatable bonds is 4. The third kappa shape index (κ3) is 3.62. The average molecular weight is 314 g/mol. The summed E-state index contributed by atoms with van der Waals surface area (Å²) in [6.45, 7) is 0.576. The number of carbonyl (C=O) groups excluding carboxylic acids is 1. The van der Waals surface area contributed by atoms with Gasteiger partial charge < -0.3 is 15.2 Å². The number of nitrogens with zero attached hydrogens (tertiary/aromatic N) is 1. The Morgan fingerprint density at radius 1 is 1.39 bits per heavy atom. The smallest absolute Gasteiger partial charge is 0.270 e. The normalized spacial score (nSPS) is 21.1. The number of nitrogens with one attached hydrogen (secondary N) is 1. The van der Waals surface area contributed by atoms with Crippen LogP contribution < -0.4 is 10.1 Å². The molecule has 0 bridgehead atoms. The number of aliphatic hydroxyl groups is 1. The van der Waals surface area contributed by atoms with Crippen LogP contribution in [0.3, 0.4) is 0 Å². The molecule has 2 atom stereocenters. The first-order valence-electron chi connectivity index (χ1n) is 8.07. The molecule has 0 spiro atoms. The van der Waals surface area contributed by atoms with Crippen LogP contribution in [0.4, 0.5) is 0 Å². The summed E-state index contributed by atoms with van der Waals surface area (Å²) in [5.41, 5.74) is 0.358. The lowest BCUT2D eigenvalue weighted by atomic mass is 9.87. The topological polar surface area (TPSA) is 71.5 Å². The molecule has 2 N–H and O–H groups in total. The molecule has 1 aliphatic rings. The van der Waals surface area contributed by atoms with Gasteiger partial charge in [0, 0.05) is 11.9 Å². The van der Waals surface area contributed by atoms with Crippen molar-refractivity contribution in [1.82, 2.24) is 10.3 Å². The minimum Gasteiger partial charge on any atom is -0.481 e. The van der Waals surface area contributed by atoms with Crippen LogP contribution in [0.1, 0.15) is 36.2 Å². The van der Waals surface area contributed by atoms with Crippen molar-refractivity contribution in [2.24, 2.45) is 5.92 Å². The Balaban J connectivity index is 1.73. The van der Waals surface area contributed by atoms with Crippen LogP contribution >= 0.6 is 0 Å². The number of carbonyl (C=O) groups is 1. The highest BCUT2D eigenvalue weighted by Crippen LogP contribution is 2.25. The van der Waals surface area contributed by atoms with E-state index in [2.05, 4.69) is 10.3 Å². The summed E-state index contributed by atoms with van der Waals surface area (Å²) in [4.78, 5) is 16.7. The van der Waals surface area contributed by atoms with Gasteiger partial charge in [-0.1, -0.05) is 24.6 Å². The van der Waals surface area contributed by atoms with Gasteiger partial charge >= 0.3 is 0 Å². The fraction of sp³-hybridized carbons (Fsp3) is 0.444. The van der Waals surface area contributed by atoms with Gasteiger partial charge in [-0.2, -0.15) is 0 Å². The zero-order chi connectivity index (χ0) is 16.2. The van der Waals surface area contributed by atoms with E-state index in [0.717, 1.165) is 36.5 Å². The van der Waals surface area contributed by atoms with Crippen LogP contribution in [0, 0.1) is 5.92 Å². The fourth-order valence-electron chi connectivity index (χ4n) is 3.21. The Hall–Kier alpha value is -2.14.